The molecular formula is C33H35N3O4. The molecule has 1 N–H and O–H groups in total. The SMILES string of the molecule is COc1cc(C2CN3C(=O)CN(CCc4ccccc4)C(=O)[C@]3(C)c3[nH]c4ccccc4c32)ccc1OC(C)C. The number of nitrogens with zero attached hydrogens (tertiary/aromatic N) is 2. The van der Waals surface area contributed by atoms with Crippen molar-refractivity contribution in [2.75, 3.05) is 26.7 Å². The molecule has 1 unspecified atom stereocenters. The molecule has 2 atom stereocenters. The molecule has 1 saturated heterocycles. The number of hydrogen-bond donors (Lipinski definition) is 1. The van der Waals surface area contributed by atoms with Crippen LogP contribution in [-0.4, -0.2) is 59.4 Å². The number of carbonyl (C=O) groups excluding carboxylic acids is 2. The van der Waals surface area contributed by atoms with Gasteiger partial charge in [-0.15, -0.1) is 0 Å². The van der Waals surface area contributed by atoms with E-state index in [2.05, 4.69) is 23.2 Å². The van der Waals surface area contributed by atoms with Gasteiger partial charge < -0.3 is 24.3 Å². The predicted octanol–water partition coefficient (Wildman–Crippen LogP) is 5.24. The number of rotatable bonds is 7. The molecule has 6 rings (SSSR count). The van der Waals surface area contributed by atoms with Crippen molar-refractivity contribution in [1.82, 2.24) is 14.8 Å². The summed E-state index contributed by atoms with van der Waals surface area (Å²) in [5.41, 5.74) is 3.82. The number of fused-ring (bicyclic) bond motifs is 5. The fourth-order valence-electron chi connectivity index (χ4n) is 6.32. The first-order valence-electron chi connectivity index (χ1n) is 13.9. The molecule has 2 amide bonds. The molecule has 4 aromatic rings. The van der Waals surface area contributed by atoms with Crippen molar-refractivity contribution in [1.29, 1.82) is 0 Å². The average molecular weight is 538 g/mol. The van der Waals surface area contributed by atoms with Crippen LogP contribution in [0.25, 0.3) is 10.9 Å². The number of ether oxygens (including phenoxy) is 2. The van der Waals surface area contributed by atoms with Crippen molar-refractivity contribution in [2.45, 2.75) is 44.8 Å². The second-order valence-corrected chi connectivity index (χ2v) is 11.1. The van der Waals surface area contributed by atoms with Crippen molar-refractivity contribution >= 4 is 22.7 Å². The Balaban J connectivity index is 1.44. The van der Waals surface area contributed by atoms with E-state index < -0.39 is 5.54 Å². The highest BCUT2D eigenvalue weighted by molar-refractivity contribution is 6.01. The molecule has 0 aliphatic carbocycles. The Kier molecular flexibility index (Phi) is 6.53. The summed E-state index contributed by atoms with van der Waals surface area (Å²) in [4.78, 5) is 35.1. The van der Waals surface area contributed by atoms with E-state index in [9.17, 15) is 9.59 Å². The predicted molar refractivity (Wildman–Crippen MR) is 155 cm³/mol. The first-order chi connectivity index (χ1) is 19.3. The second kappa shape index (κ2) is 10.0. The molecule has 0 radical (unpaired) electrons. The highest BCUT2D eigenvalue weighted by Gasteiger charge is 2.56. The summed E-state index contributed by atoms with van der Waals surface area (Å²) in [6.45, 7) is 6.83. The molecule has 3 heterocycles. The number of hydrogen-bond acceptors (Lipinski definition) is 4. The van der Waals surface area contributed by atoms with Crippen LogP contribution >= 0.6 is 0 Å². The quantitative estimate of drug-likeness (QED) is 0.350. The number of benzene rings is 3. The van der Waals surface area contributed by atoms with Crippen molar-refractivity contribution in [3.8, 4) is 11.5 Å². The van der Waals surface area contributed by atoms with Crippen LogP contribution in [0.5, 0.6) is 11.5 Å². The molecule has 7 nitrogen and oxygen atoms in total. The minimum atomic E-state index is -1.12. The highest BCUT2D eigenvalue weighted by Crippen LogP contribution is 2.49. The van der Waals surface area contributed by atoms with Gasteiger partial charge in [0.15, 0.2) is 17.0 Å². The zero-order valence-electron chi connectivity index (χ0n) is 23.4. The Morgan fingerprint density at radius 1 is 1.00 bits per heavy atom. The van der Waals surface area contributed by atoms with Crippen molar-refractivity contribution in [3.05, 3.63) is 95.2 Å². The van der Waals surface area contributed by atoms with E-state index in [0.29, 0.717) is 31.0 Å². The Hall–Kier alpha value is -4.26. The van der Waals surface area contributed by atoms with Crippen LogP contribution in [0.1, 0.15) is 49.1 Å². The topological polar surface area (TPSA) is 74.9 Å². The third-order valence-electron chi connectivity index (χ3n) is 8.28. The third kappa shape index (κ3) is 4.21. The Bertz CT molecular complexity index is 1580. The number of methoxy groups -OCH3 is 1. The van der Waals surface area contributed by atoms with Crippen LogP contribution in [0.3, 0.4) is 0 Å². The summed E-state index contributed by atoms with van der Waals surface area (Å²) in [5.74, 6) is 1.09. The lowest BCUT2D eigenvalue weighted by atomic mass is 9.76. The van der Waals surface area contributed by atoms with Crippen LogP contribution in [0.2, 0.25) is 0 Å². The first-order valence-corrected chi connectivity index (χ1v) is 13.9. The smallest absolute Gasteiger partial charge is 0.254 e. The van der Waals surface area contributed by atoms with Gasteiger partial charge in [-0.25, -0.2) is 0 Å². The molecule has 2 aliphatic heterocycles. The van der Waals surface area contributed by atoms with Crippen molar-refractivity contribution < 1.29 is 19.1 Å². The van der Waals surface area contributed by atoms with Gasteiger partial charge in [0.2, 0.25) is 5.91 Å². The number of para-hydroxylation sites is 1. The number of H-pyrrole nitrogens is 1. The summed E-state index contributed by atoms with van der Waals surface area (Å²) in [5, 5.41) is 1.06. The van der Waals surface area contributed by atoms with E-state index in [1.807, 2.05) is 75.4 Å². The first kappa shape index (κ1) is 26.0. The minimum absolute atomic E-state index is 0.0113. The van der Waals surface area contributed by atoms with E-state index in [1.165, 1.54) is 0 Å². The number of aromatic amines is 1. The van der Waals surface area contributed by atoms with Gasteiger partial charge in [0.1, 0.15) is 0 Å². The van der Waals surface area contributed by atoms with Gasteiger partial charge in [-0.1, -0.05) is 54.6 Å². The third-order valence-corrected chi connectivity index (χ3v) is 8.28. The van der Waals surface area contributed by atoms with E-state index in [0.717, 1.165) is 33.3 Å². The van der Waals surface area contributed by atoms with E-state index >= 15 is 0 Å². The van der Waals surface area contributed by atoms with E-state index in [1.54, 1.807) is 16.9 Å². The molecule has 2 aliphatic rings. The van der Waals surface area contributed by atoms with Gasteiger partial charge in [0.25, 0.3) is 5.91 Å². The van der Waals surface area contributed by atoms with E-state index in [4.69, 9.17) is 9.47 Å². The zero-order valence-corrected chi connectivity index (χ0v) is 23.4. The summed E-state index contributed by atoms with van der Waals surface area (Å²) in [7, 11) is 1.64. The van der Waals surface area contributed by atoms with Gasteiger partial charge in [0.05, 0.1) is 25.5 Å². The van der Waals surface area contributed by atoms with Gasteiger partial charge in [-0.05, 0) is 62.1 Å². The second-order valence-electron chi connectivity index (χ2n) is 11.1. The lowest BCUT2D eigenvalue weighted by molar-refractivity contribution is -0.166. The lowest BCUT2D eigenvalue weighted by Gasteiger charge is -2.51. The van der Waals surface area contributed by atoms with Crippen LogP contribution in [0.4, 0.5) is 0 Å². The molecule has 40 heavy (non-hydrogen) atoms. The van der Waals surface area contributed by atoms with Crippen LogP contribution in [-0.2, 0) is 21.5 Å². The maximum atomic E-state index is 14.3. The summed E-state index contributed by atoms with van der Waals surface area (Å²) in [6, 6.07) is 24.2. The normalized spacial score (nSPS) is 20.6. The number of piperazine rings is 1. The molecular weight excluding hydrogens is 502 g/mol. The largest absolute Gasteiger partial charge is 0.493 e. The summed E-state index contributed by atoms with van der Waals surface area (Å²) >= 11 is 0. The number of amides is 2. The average Bonchev–Trinajstić information content (AvgIpc) is 3.36. The maximum absolute atomic E-state index is 14.3. The number of aromatic nitrogens is 1. The molecule has 3 aromatic carbocycles. The fourth-order valence-corrected chi connectivity index (χ4v) is 6.32. The monoisotopic (exact) mass is 537 g/mol. The molecule has 206 valence electrons. The van der Waals surface area contributed by atoms with Crippen molar-refractivity contribution in [2.24, 2.45) is 0 Å². The van der Waals surface area contributed by atoms with Gasteiger partial charge >= 0.3 is 0 Å². The molecule has 0 bridgehead atoms. The summed E-state index contributed by atoms with van der Waals surface area (Å²) in [6.07, 6.45) is 0.708. The van der Waals surface area contributed by atoms with Crippen LogP contribution in [0.15, 0.2) is 72.8 Å². The molecule has 1 aromatic heterocycles. The lowest BCUT2D eigenvalue weighted by Crippen LogP contribution is -2.67. The molecule has 1 fully saturated rings. The number of nitrogens with one attached hydrogen (secondary N) is 1. The van der Waals surface area contributed by atoms with Crippen LogP contribution in [0, 0.1) is 0 Å². The van der Waals surface area contributed by atoms with Gasteiger partial charge in [-0.2, -0.15) is 0 Å². The zero-order chi connectivity index (χ0) is 28.0. The Labute approximate surface area is 234 Å². The Morgan fingerprint density at radius 2 is 1.75 bits per heavy atom. The fraction of sp³-hybridized carbons (Fsp3) is 0.333. The summed E-state index contributed by atoms with van der Waals surface area (Å²) < 4.78 is 11.7. The van der Waals surface area contributed by atoms with E-state index in [-0.39, 0.29) is 30.4 Å². The molecule has 0 saturated carbocycles. The van der Waals surface area contributed by atoms with Gasteiger partial charge in [-0.3, -0.25) is 9.59 Å². The maximum Gasteiger partial charge on any atom is 0.254 e. The van der Waals surface area contributed by atoms with Gasteiger partial charge in [0, 0.05) is 29.9 Å². The number of carbonyl (C=O) groups is 2. The molecule has 0 spiro atoms. The van der Waals surface area contributed by atoms with Crippen LogP contribution < -0.4 is 9.47 Å². The Morgan fingerprint density at radius 3 is 2.50 bits per heavy atom. The minimum Gasteiger partial charge on any atom is -0.493 e. The molecule has 7 heteroatoms. The van der Waals surface area contributed by atoms with Crippen molar-refractivity contribution in [3.63, 3.8) is 0 Å². The standard InChI is InChI=1S/C33H35N3O4/c1-21(2)40-27-15-14-23(18-28(27)39-4)25-19-36-29(37)20-35(17-16-22-10-6-5-7-11-22)32(38)33(36,3)31-30(25)24-12-8-9-13-26(24)34-31/h5-15,18,21,25,34H,16-17,19-20H2,1-4H3/t25?,33-/m0/s1. The highest BCUT2D eigenvalue weighted by atomic mass is 16.5.